The maximum Gasteiger partial charge on any atom is 0.323 e. The zero-order valence-corrected chi connectivity index (χ0v) is 15.7. The van der Waals surface area contributed by atoms with Crippen molar-refractivity contribution in [1.29, 1.82) is 0 Å². The first kappa shape index (κ1) is 20.2. The Balaban J connectivity index is 1.92. The molecular weight excluding hydrogens is 426 g/mol. The quantitative estimate of drug-likeness (QED) is 0.480. The lowest BCUT2D eigenvalue weighted by atomic mass is 9.84. The molecule has 4 rings (SSSR count). The van der Waals surface area contributed by atoms with E-state index in [9.17, 15) is 13.9 Å². The molecule has 2 aromatic carbocycles. The second-order valence-corrected chi connectivity index (χ2v) is 6.94. The monoisotopic (exact) mass is 437 g/mol. The fourth-order valence-corrected chi connectivity index (χ4v) is 3.37. The Bertz CT molecular complexity index is 1220. The normalized spacial score (nSPS) is 14.1. The fourth-order valence-electron chi connectivity index (χ4n) is 3.14. The van der Waals surface area contributed by atoms with Crippen molar-refractivity contribution in [3.8, 4) is 0 Å². The van der Waals surface area contributed by atoms with Gasteiger partial charge in [-0.1, -0.05) is 29.8 Å². The van der Waals surface area contributed by atoms with E-state index < -0.39 is 41.0 Å². The van der Waals surface area contributed by atoms with Gasteiger partial charge >= 0.3 is 5.92 Å². The summed E-state index contributed by atoms with van der Waals surface area (Å²) < 4.78 is 59.3. The van der Waals surface area contributed by atoms with Crippen LogP contribution in [0.15, 0.2) is 54.9 Å². The molecule has 0 aliphatic carbocycles. The molecule has 0 aliphatic heterocycles. The Hall–Kier alpha value is -3.11. The number of halogens is 5. The van der Waals surface area contributed by atoms with Crippen LogP contribution in [0, 0.1) is 11.6 Å². The Labute approximate surface area is 171 Å². The van der Waals surface area contributed by atoms with Crippen LogP contribution in [0.5, 0.6) is 0 Å². The van der Waals surface area contributed by atoms with Crippen LogP contribution in [-0.4, -0.2) is 30.3 Å². The van der Waals surface area contributed by atoms with Crippen LogP contribution in [0.4, 0.5) is 17.6 Å². The Morgan fingerprint density at radius 3 is 2.57 bits per heavy atom. The van der Waals surface area contributed by atoms with E-state index in [2.05, 4.69) is 20.4 Å². The second kappa shape index (κ2) is 7.29. The van der Waals surface area contributed by atoms with Crippen molar-refractivity contribution in [2.24, 2.45) is 0 Å². The highest BCUT2D eigenvalue weighted by molar-refractivity contribution is 6.35. The number of pyridine rings is 1. The summed E-state index contributed by atoms with van der Waals surface area (Å²) in [5, 5.41) is 22.2. The summed E-state index contributed by atoms with van der Waals surface area (Å²) in [5.74, 6) is -6.51. The van der Waals surface area contributed by atoms with Gasteiger partial charge in [0.25, 0.3) is 0 Å². The van der Waals surface area contributed by atoms with E-state index in [4.69, 9.17) is 11.6 Å². The number of alkyl halides is 2. The van der Waals surface area contributed by atoms with Crippen LogP contribution in [0.2, 0.25) is 5.02 Å². The van der Waals surface area contributed by atoms with Crippen LogP contribution >= 0.6 is 11.6 Å². The highest BCUT2D eigenvalue weighted by atomic mass is 35.5. The van der Waals surface area contributed by atoms with E-state index in [1.807, 2.05) is 0 Å². The third kappa shape index (κ3) is 3.27. The summed E-state index contributed by atoms with van der Waals surface area (Å²) in [6.45, 7) is -0.981. The molecule has 0 saturated carbocycles. The van der Waals surface area contributed by atoms with Crippen molar-refractivity contribution >= 4 is 22.5 Å². The van der Waals surface area contributed by atoms with Crippen molar-refractivity contribution in [2.75, 3.05) is 0 Å². The molecule has 0 fully saturated rings. The highest BCUT2D eigenvalue weighted by Gasteiger charge is 2.58. The summed E-state index contributed by atoms with van der Waals surface area (Å²) in [6.07, 6.45) is 0.966. The summed E-state index contributed by atoms with van der Waals surface area (Å²) in [6, 6.07) is 8.99. The van der Waals surface area contributed by atoms with Gasteiger partial charge in [0.1, 0.15) is 23.9 Å². The topological polar surface area (TPSA) is 76.7 Å². The molecule has 0 bridgehead atoms. The highest BCUT2D eigenvalue weighted by Crippen LogP contribution is 2.47. The summed E-state index contributed by atoms with van der Waals surface area (Å²) >= 11 is 6.06. The van der Waals surface area contributed by atoms with Crippen molar-refractivity contribution in [1.82, 2.24) is 25.2 Å². The zero-order valence-electron chi connectivity index (χ0n) is 15.0. The van der Waals surface area contributed by atoms with Crippen LogP contribution in [0.1, 0.15) is 11.3 Å². The molecule has 11 heteroatoms. The molecule has 2 aromatic heterocycles. The van der Waals surface area contributed by atoms with Gasteiger partial charge in [0.05, 0.1) is 10.5 Å². The molecule has 2 heterocycles. The maximum atomic E-state index is 15.7. The molecule has 4 aromatic rings. The molecule has 154 valence electrons. The van der Waals surface area contributed by atoms with Crippen molar-refractivity contribution < 1.29 is 22.7 Å². The number of aliphatic hydroxyl groups is 1. The van der Waals surface area contributed by atoms with E-state index in [0.29, 0.717) is 16.2 Å². The van der Waals surface area contributed by atoms with E-state index in [1.165, 1.54) is 12.1 Å². The van der Waals surface area contributed by atoms with Crippen molar-refractivity contribution in [3.05, 3.63) is 82.8 Å². The van der Waals surface area contributed by atoms with E-state index in [1.54, 1.807) is 12.1 Å². The first-order valence-electron chi connectivity index (χ1n) is 8.54. The predicted octanol–water partition coefficient (Wildman–Crippen LogP) is 3.83. The lowest BCUT2D eigenvalue weighted by Crippen LogP contribution is -2.48. The Morgan fingerprint density at radius 1 is 1.07 bits per heavy atom. The second-order valence-electron chi connectivity index (χ2n) is 6.53. The van der Waals surface area contributed by atoms with Gasteiger partial charge in [0.2, 0.25) is 0 Å². The lowest BCUT2D eigenvalue weighted by Gasteiger charge is -2.35. The maximum absolute atomic E-state index is 15.7. The van der Waals surface area contributed by atoms with Gasteiger partial charge < -0.3 is 5.11 Å². The van der Waals surface area contributed by atoms with Crippen molar-refractivity contribution in [3.63, 3.8) is 0 Å². The predicted molar refractivity (Wildman–Crippen MR) is 98.7 cm³/mol. The first-order chi connectivity index (χ1) is 14.2. The largest absolute Gasteiger partial charge is 0.377 e. The van der Waals surface area contributed by atoms with Crippen LogP contribution < -0.4 is 0 Å². The van der Waals surface area contributed by atoms with Gasteiger partial charge in [-0.25, -0.2) is 13.8 Å². The molecule has 0 aliphatic rings. The fraction of sp³-hybridized carbons (Fsp3) is 0.158. The van der Waals surface area contributed by atoms with Crippen LogP contribution in [0.3, 0.4) is 0 Å². The average molecular weight is 438 g/mol. The lowest BCUT2D eigenvalue weighted by molar-refractivity contribution is -0.209. The minimum atomic E-state index is -4.16. The third-order valence-electron chi connectivity index (χ3n) is 4.65. The zero-order chi connectivity index (χ0) is 21.5. The molecule has 6 nitrogen and oxygen atoms in total. The minimum absolute atomic E-state index is 0.0807. The van der Waals surface area contributed by atoms with Crippen molar-refractivity contribution in [2.45, 2.75) is 18.1 Å². The molecule has 0 amide bonds. The number of fused-ring (bicyclic) bond motifs is 1. The Kier molecular flexibility index (Phi) is 4.91. The SMILES string of the molecule is OC(Cn1ncnn1)(c1ccc(F)cc1F)C(F)(F)c1ccc2cccc(Cl)c2n1. The number of hydrogen-bond donors (Lipinski definition) is 1. The minimum Gasteiger partial charge on any atom is -0.377 e. The third-order valence-corrected chi connectivity index (χ3v) is 4.96. The molecular formula is C19H12ClF4N5O. The van der Waals surface area contributed by atoms with Gasteiger partial charge in [0.15, 0.2) is 11.9 Å². The number of nitrogens with zero attached hydrogens (tertiary/aromatic N) is 5. The molecule has 0 saturated heterocycles. The number of tetrazole rings is 1. The molecule has 30 heavy (non-hydrogen) atoms. The number of para-hydroxylation sites is 1. The molecule has 0 spiro atoms. The number of hydrogen-bond acceptors (Lipinski definition) is 5. The van der Waals surface area contributed by atoms with Gasteiger partial charge in [-0.2, -0.15) is 13.6 Å². The first-order valence-corrected chi connectivity index (χ1v) is 8.92. The van der Waals surface area contributed by atoms with Crippen LogP contribution in [0.25, 0.3) is 10.9 Å². The van der Waals surface area contributed by atoms with Crippen LogP contribution in [-0.2, 0) is 18.1 Å². The summed E-state index contributed by atoms with van der Waals surface area (Å²) in [5.41, 5.74) is -4.87. The molecule has 0 radical (unpaired) electrons. The van der Waals surface area contributed by atoms with E-state index in [0.717, 1.165) is 24.5 Å². The number of aromatic nitrogens is 5. The molecule has 1 atom stereocenters. The standard InChI is InChI=1S/C19H12ClF4N5O/c20-14-3-1-2-11-4-7-16(27-17(11)14)19(23,24)18(30,9-29-26-10-25-28-29)13-6-5-12(21)8-15(13)22/h1-8,10,30H,9H2. The van der Waals surface area contributed by atoms with Gasteiger partial charge in [-0.15, -0.1) is 10.2 Å². The van der Waals surface area contributed by atoms with E-state index >= 15 is 8.78 Å². The number of benzene rings is 2. The average Bonchev–Trinajstić information content (AvgIpc) is 3.20. The van der Waals surface area contributed by atoms with Gasteiger partial charge in [-0.05, 0) is 29.5 Å². The van der Waals surface area contributed by atoms with E-state index in [-0.39, 0.29) is 10.5 Å². The Morgan fingerprint density at radius 2 is 1.87 bits per heavy atom. The van der Waals surface area contributed by atoms with Gasteiger partial charge in [-0.3, -0.25) is 0 Å². The number of rotatable bonds is 5. The molecule has 1 unspecified atom stereocenters. The van der Waals surface area contributed by atoms with Gasteiger partial charge in [0, 0.05) is 17.0 Å². The summed E-state index contributed by atoms with van der Waals surface area (Å²) in [7, 11) is 0. The smallest absolute Gasteiger partial charge is 0.323 e. The molecule has 1 N–H and O–H groups in total. The summed E-state index contributed by atoms with van der Waals surface area (Å²) in [4.78, 5) is 4.58.